The summed E-state index contributed by atoms with van der Waals surface area (Å²) in [5, 5.41) is 0. The maximum absolute atomic E-state index is 11.6. The van der Waals surface area contributed by atoms with Gasteiger partial charge in [-0.3, -0.25) is 4.79 Å². The number of imidazole rings is 1. The minimum Gasteiger partial charge on any atom is -0.368 e. The monoisotopic (exact) mass is 386 g/mol. The van der Waals surface area contributed by atoms with Crippen LogP contribution in [-0.2, 0) is 5.54 Å². The van der Waals surface area contributed by atoms with Gasteiger partial charge in [0.25, 0.3) is 0 Å². The summed E-state index contributed by atoms with van der Waals surface area (Å²) in [7, 11) is 0. The second kappa shape index (κ2) is 6.70. The van der Waals surface area contributed by atoms with Crippen molar-refractivity contribution in [3.8, 4) is 22.5 Å². The maximum Gasteiger partial charge on any atom is 0.248 e. The molecular weight excluding hydrogens is 364 g/mol. The van der Waals surface area contributed by atoms with Crippen LogP contribution in [-0.4, -0.2) is 25.4 Å². The van der Waals surface area contributed by atoms with Crippen molar-refractivity contribution in [2.24, 2.45) is 5.73 Å². The summed E-state index contributed by atoms with van der Waals surface area (Å²) >= 11 is 0. The molecule has 7 nitrogen and oxygen atoms in total. The first-order chi connectivity index (χ1) is 13.7. The lowest BCUT2D eigenvalue weighted by molar-refractivity contribution is 0.100. The lowest BCUT2D eigenvalue weighted by Crippen LogP contribution is -2.22. The molecule has 0 atom stereocenters. The van der Waals surface area contributed by atoms with Crippen LogP contribution in [0.3, 0.4) is 0 Å². The summed E-state index contributed by atoms with van der Waals surface area (Å²) in [6.07, 6.45) is 3.39. The third kappa shape index (κ3) is 3.42. The smallest absolute Gasteiger partial charge is 0.248 e. The van der Waals surface area contributed by atoms with Gasteiger partial charge in [-0.2, -0.15) is 0 Å². The van der Waals surface area contributed by atoms with E-state index in [0.717, 1.165) is 33.5 Å². The van der Waals surface area contributed by atoms with Crippen molar-refractivity contribution >= 4 is 22.9 Å². The Morgan fingerprint density at radius 1 is 0.966 bits per heavy atom. The predicted molar refractivity (Wildman–Crippen MR) is 114 cm³/mol. The van der Waals surface area contributed by atoms with E-state index in [-0.39, 0.29) is 11.5 Å². The number of aromatic nitrogens is 4. The number of nitrogens with zero attached hydrogens (tertiary/aromatic N) is 4. The molecule has 0 aliphatic heterocycles. The summed E-state index contributed by atoms with van der Waals surface area (Å²) in [5.41, 5.74) is 15.8. The van der Waals surface area contributed by atoms with E-state index >= 15 is 0 Å². The molecule has 0 bridgehead atoms. The topological polar surface area (TPSA) is 113 Å². The van der Waals surface area contributed by atoms with Gasteiger partial charge in [0.1, 0.15) is 5.82 Å². The molecule has 29 heavy (non-hydrogen) atoms. The number of benzene rings is 2. The fraction of sp³-hybridized carbons (Fsp3) is 0.182. The number of carbonyl (C=O) groups is 1. The minimum atomic E-state index is -0.462. The normalized spacial score (nSPS) is 11.7. The van der Waals surface area contributed by atoms with E-state index in [2.05, 4.69) is 35.3 Å². The highest BCUT2D eigenvalue weighted by molar-refractivity contribution is 5.94. The van der Waals surface area contributed by atoms with Crippen molar-refractivity contribution in [1.82, 2.24) is 19.5 Å². The lowest BCUT2D eigenvalue weighted by atomic mass is 10.0. The van der Waals surface area contributed by atoms with Gasteiger partial charge in [-0.1, -0.05) is 18.2 Å². The Balaban J connectivity index is 1.93. The fourth-order valence-electron chi connectivity index (χ4n) is 3.43. The molecule has 0 saturated heterocycles. The molecule has 2 aromatic heterocycles. The molecule has 0 saturated carbocycles. The molecule has 146 valence electrons. The Kier molecular flexibility index (Phi) is 4.30. The quantitative estimate of drug-likeness (QED) is 0.558. The summed E-state index contributed by atoms with van der Waals surface area (Å²) in [4.78, 5) is 24.7. The summed E-state index contributed by atoms with van der Waals surface area (Å²) < 4.78 is 2.17. The highest BCUT2D eigenvalue weighted by atomic mass is 16.1. The zero-order valence-corrected chi connectivity index (χ0v) is 16.5. The molecule has 4 rings (SSSR count). The molecular formula is C22H22N6O. The van der Waals surface area contributed by atoms with Gasteiger partial charge in [-0.15, -0.1) is 0 Å². The highest BCUT2D eigenvalue weighted by Crippen LogP contribution is 2.33. The molecule has 0 spiro atoms. The van der Waals surface area contributed by atoms with Crippen molar-refractivity contribution in [3.63, 3.8) is 0 Å². The van der Waals surface area contributed by atoms with Gasteiger partial charge in [0, 0.05) is 34.6 Å². The van der Waals surface area contributed by atoms with E-state index < -0.39 is 5.91 Å². The van der Waals surface area contributed by atoms with Crippen molar-refractivity contribution < 1.29 is 4.79 Å². The molecule has 0 aliphatic rings. The molecule has 2 heterocycles. The molecule has 0 fully saturated rings. The number of carbonyl (C=O) groups excluding carboxylic acids is 1. The fourth-order valence-corrected chi connectivity index (χ4v) is 3.43. The summed E-state index contributed by atoms with van der Waals surface area (Å²) in [6.45, 7) is 6.37. The summed E-state index contributed by atoms with van der Waals surface area (Å²) in [5.74, 6) is 0.556. The van der Waals surface area contributed by atoms with Crippen molar-refractivity contribution in [2.75, 3.05) is 5.73 Å². The molecule has 4 aromatic rings. The first-order valence-electron chi connectivity index (χ1n) is 9.25. The van der Waals surface area contributed by atoms with Gasteiger partial charge < -0.3 is 16.0 Å². The Morgan fingerprint density at radius 3 is 2.34 bits per heavy atom. The molecule has 2 aromatic carbocycles. The largest absolute Gasteiger partial charge is 0.368 e. The van der Waals surface area contributed by atoms with Crippen LogP contribution < -0.4 is 11.5 Å². The molecule has 1 amide bonds. The van der Waals surface area contributed by atoms with Crippen LogP contribution in [0.1, 0.15) is 31.1 Å². The van der Waals surface area contributed by atoms with Crippen molar-refractivity contribution in [3.05, 3.63) is 60.4 Å². The molecule has 0 radical (unpaired) electrons. The van der Waals surface area contributed by atoms with Crippen LogP contribution in [0, 0.1) is 0 Å². The zero-order chi connectivity index (χ0) is 20.8. The maximum atomic E-state index is 11.6. The van der Waals surface area contributed by atoms with Crippen LogP contribution in [0.2, 0.25) is 0 Å². The first kappa shape index (κ1) is 18.6. The average molecular weight is 386 g/mol. The number of anilines is 1. The van der Waals surface area contributed by atoms with E-state index in [1.165, 1.54) is 0 Å². The molecule has 0 unspecified atom stereocenters. The zero-order valence-electron chi connectivity index (χ0n) is 16.5. The minimum absolute atomic E-state index is 0.224. The van der Waals surface area contributed by atoms with Crippen LogP contribution in [0.15, 0.2) is 54.9 Å². The van der Waals surface area contributed by atoms with Crippen LogP contribution >= 0.6 is 0 Å². The predicted octanol–water partition coefficient (Wildman–Crippen LogP) is 3.60. The van der Waals surface area contributed by atoms with E-state index in [1.807, 2.05) is 30.3 Å². The van der Waals surface area contributed by atoms with E-state index in [1.54, 1.807) is 24.5 Å². The van der Waals surface area contributed by atoms with Gasteiger partial charge in [0.05, 0.1) is 11.0 Å². The third-order valence-corrected chi connectivity index (χ3v) is 4.74. The Labute approximate surface area is 168 Å². The molecule has 7 heteroatoms. The van der Waals surface area contributed by atoms with Gasteiger partial charge in [0.15, 0.2) is 0 Å². The van der Waals surface area contributed by atoms with Crippen molar-refractivity contribution in [1.29, 1.82) is 0 Å². The van der Waals surface area contributed by atoms with E-state index in [4.69, 9.17) is 16.5 Å². The Bertz CT molecular complexity index is 1220. The third-order valence-electron chi connectivity index (χ3n) is 4.74. The number of amides is 1. The van der Waals surface area contributed by atoms with Gasteiger partial charge >= 0.3 is 0 Å². The Morgan fingerprint density at radius 2 is 1.69 bits per heavy atom. The van der Waals surface area contributed by atoms with Gasteiger partial charge in [-0.05, 0) is 50.6 Å². The number of nitrogens with two attached hydrogens (primary N) is 2. The van der Waals surface area contributed by atoms with Gasteiger partial charge in [0.2, 0.25) is 11.9 Å². The first-order valence-corrected chi connectivity index (χ1v) is 9.25. The van der Waals surface area contributed by atoms with Crippen LogP contribution in [0.5, 0.6) is 0 Å². The average Bonchev–Trinajstić information content (AvgIpc) is 3.08. The second-order valence-corrected chi connectivity index (χ2v) is 7.92. The van der Waals surface area contributed by atoms with Crippen LogP contribution in [0.25, 0.3) is 33.5 Å². The molecule has 0 aliphatic carbocycles. The van der Waals surface area contributed by atoms with Crippen molar-refractivity contribution in [2.45, 2.75) is 26.3 Å². The second-order valence-electron chi connectivity index (χ2n) is 7.92. The summed E-state index contributed by atoms with van der Waals surface area (Å²) in [6, 6.07) is 13.3. The van der Waals surface area contributed by atoms with Crippen LogP contribution in [0.4, 0.5) is 5.95 Å². The van der Waals surface area contributed by atoms with Gasteiger partial charge in [-0.25, -0.2) is 15.0 Å². The Hall–Kier alpha value is -3.74. The standard InChI is InChI=1S/C22H22N6O/c1-22(2,3)28-18-8-7-13(16-11-25-21(24)26-12-16)10-17(18)27-20(28)15-6-4-5-14(9-15)19(23)29/h4-12H,1-3H3,(H2,23,29)(H2,24,25,26). The number of primary amides is 1. The molecule has 4 N–H and O–H groups in total. The van der Waals surface area contributed by atoms with E-state index in [0.29, 0.717) is 5.56 Å². The number of nitrogen functional groups attached to an aromatic ring is 1. The SMILES string of the molecule is CC(C)(C)n1c(-c2cccc(C(N)=O)c2)nc2cc(-c3cnc(N)nc3)ccc21. The number of rotatable bonds is 3. The van der Waals surface area contributed by atoms with E-state index in [9.17, 15) is 4.79 Å². The number of hydrogen-bond donors (Lipinski definition) is 2. The lowest BCUT2D eigenvalue weighted by Gasteiger charge is -2.25. The highest BCUT2D eigenvalue weighted by Gasteiger charge is 2.23. The number of fused-ring (bicyclic) bond motifs is 1. The number of hydrogen-bond acceptors (Lipinski definition) is 5.